The van der Waals surface area contributed by atoms with Crippen molar-refractivity contribution in [3.8, 4) is 0 Å². The van der Waals surface area contributed by atoms with Gasteiger partial charge in [0, 0.05) is 17.5 Å². The Morgan fingerprint density at radius 2 is 2.05 bits per heavy atom. The number of halogens is 1. The normalized spacial score (nSPS) is 14.8. The molecule has 0 aliphatic heterocycles. The quantitative estimate of drug-likeness (QED) is 0.824. The molecule has 116 valence electrons. The highest BCUT2D eigenvalue weighted by molar-refractivity contribution is 7.16. The number of rotatable bonds is 7. The minimum atomic E-state index is 0.0462. The van der Waals surface area contributed by atoms with Crippen LogP contribution in [0, 0.1) is 5.92 Å². The molecule has 0 bridgehead atoms. The third kappa shape index (κ3) is 4.58. The van der Waals surface area contributed by atoms with Gasteiger partial charge in [-0.1, -0.05) is 25.4 Å². The van der Waals surface area contributed by atoms with Gasteiger partial charge in [0.2, 0.25) is 0 Å². The van der Waals surface area contributed by atoms with Crippen LogP contribution in [-0.2, 0) is 0 Å². The van der Waals surface area contributed by atoms with Gasteiger partial charge in [-0.15, -0.1) is 11.3 Å². The Morgan fingerprint density at radius 1 is 1.29 bits per heavy atom. The number of nitrogens with one attached hydrogen (secondary N) is 1. The van der Waals surface area contributed by atoms with Gasteiger partial charge in [-0.2, -0.15) is 0 Å². The molecular weight excluding hydrogens is 304 g/mol. The maximum Gasteiger partial charge on any atom is 0.126 e. The zero-order valence-electron chi connectivity index (χ0n) is 13.0. The molecule has 3 nitrogen and oxygen atoms in total. The molecular formula is C16H23ClN2OS. The van der Waals surface area contributed by atoms with Crippen molar-refractivity contribution in [3.05, 3.63) is 45.5 Å². The average molecular weight is 327 g/mol. The maximum absolute atomic E-state index is 6.10. The summed E-state index contributed by atoms with van der Waals surface area (Å²) < 4.78 is 6.44. The average Bonchev–Trinajstić information content (AvgIpc) is 3.05. The molecule has 2 rings (SSSR count). The van der Waals surface area contributed by atoms with Gasteiger partial charge in [0.15, 0.2) is 0 Å². The number of likely N-dealkylation sites (N-methyl/N-ethyl adjacent to an activating group) is 1. The Bertz CT molecular complexity index is 536. The number of nitrogens with zero attached hydrogens (tertiary/aromatic N) is 1. The molecule has 2 unspecified atom stereocenters. The van der Waals surface area contributed by atoms with Crippen LogP contribution in [0.15, 0.2) is 34.9 Å². The minimum Gasteiger partial charge on any atom is -0.467 e. The highest BCUT2D eigenvalue weighted by Crippen LogP contribution is 2.32. The van der Waals surface area contributed by atoms with Gasteiger partial charge >= 0.3 is 0 Å². The van der Waals surface area contributed by atoms with Crippen LogP contribution < -0.4 is 5.32 Å². The molecule has 0 saturated heterocycles. The van der Waals surface area contributed by atoms with Crippen LogP contribution in [0.25, 0.3) is 0 Å². The summed E-state index contributed by atoms with van der Waals surface area (Å²) in [7, 11) is 4.20. The van der Waals surface area contributed by atoms with E-state index < -0.39 is 0 Å². The molecule has 2 atom stereocenters. The van der Waals surface area contributed by atoms with Gasteiger partial charge in [0.1, 0.15) is 11.8 Å². The van der Waals surface area contributed by atoms with Crippen LogP contribution >= 0.6 is 22.9 Å². The molecule has 0 saturated carbocycles. The summed E-state index contributed by atoms with van der Waals surface area (Å²) in [6.07, 6.45) is 1.72. The topological polar surface area (TPSA) is 28.4 Å². The molecule has 0 amide bonds. The summed E-state index contributed by atoms with van der Waals surface area (Å²) in [5.41, 5.74) is 0. The molecule has 0 fully saturated rings. The Morgan fingerprint density at radius 3 is 2.52 bits per heavy atom. The fraction of sp³-hybridized carbons (Fsp3) is 0.500. The zero-order valence-corrected chi connectivity index (χ0v) is 14.5. The van der Waals surface area contributed by atoms with E-state index in [0.29, 0.717) is 12.0 Å². The fourth-order valence-electron chi connectivity index (χ4n) is 2.31. The van der Waals surface area contributed by atoms with Crippen molar-refractivity contribution in [1.29, 1.82) is 0 Å². The van der Waals surface area contributed by atoms with Crippen LogP contribution in [0.1, 0.15) is 30.5 Å². The number of thiophene rings is 1. The van der Waals surface area contributed by atoms with Crippen molar-refractivity contribution < 1.29 is 4.42 Å². The Balaban J connectivity index is 2.23. The molecule has 5 heteroatoms. The first-order chi connectivity index (χ1) is 9.97. The first-order valence-corrected chi connectivity index (χ1v) is 8.36. The largest absolute Gasteiger partial charge is 0.467 e. The lowest BCUT2D eigenvalue weighted by Gasteiger charge is -2.29. The lowest BCUT2D eigenvalue weighted by Crippen LogP contribution is -2.43. The van der Waals surface area contributed by atoms with E-state index >= 15 is 0 Å². The summed E-state index contributed by atoms with van der Waals surface area (Å²) in [6.45, 7) is 5.46. The molecule has 2 aromatic heterocycles. The van der Waals surface area contributed by atoms with Crippen molar-refractivity contribution in [2.45, 2.75) is 25.9 Å². The molecule has 0 aromatic carbocycles. The van der Waals surface area contributed by atoms with Crippen LogP contribution in [-0.4, -0.2) is 31.6 Å². The third-order valence-electron chi connectivity index (χ3n) is 3.45. The van der Waals surface area contributed by atoms with E-state index in [1.165, 1.54) is 4.88 Å². The Labute approximate surface area is 135 Å². The van der Waals surface area contributed by atoms with Gasteiger partial charge in [-0.3, -0.25) is 5.32 Å². The Hall–Kier alpha value is -0.810. The van der Waals surface area contributed by atoms with Gasteiger partial charge in [-0.25, -0.2) is 0 Å². The zero-order chi connectivity index (χ0) is 15.4. The third-order valence-corrected chi connectivity index (χ3v) is 4.75. The first kappa shape index (κ1) is 16.6. The van der Waals surface area contributed by atoms with Crippen LogP contribution in [0.2, 0.25) is 4.34 Å². The summed E-state index contributed by atoms with van der Waals surface area (Å²) in [5.74, 6) is 1.46. The summed E-state index contributed by atoms with van der Waals surface area (Å²) in [4.78, 5) is 3.39. The molecule has 0 radical (unpaired) electrons. The van der Waals surface area contributed by atoms with E-state index in [2.05, 4.69) is 44.2 Å². The van der Waals surface area contributed by atoms with E-state index in [0.717, 1.165) is 16.6 Å². The molecule has 0 aliphatic carbocycles. The fourth-order valence-corrected chi connectivity index (χ4v) is 3.44. The highest BCUT2D eigenvalue weighted by Gasteiger charge is 2.24. The molecule has 0 spiro atoms. The summed E-state index contributed by atoms with van der Waals surface area (Å²) in [5, 5.41) is 3.73. The number of hydrogen-bond acceptors (Lipinski definition) is 4. The first-order valence-electron chi connectivity index (χ1n) is 7.16. The van der Waals surface area contributed by atoms with Crippen molar-refractivity contribution in [2.75, 3.05) is 20.6 Å². The Kier molecular flexibility index (Phi) is 5.88. The second kappa shape index (κ2) is 7.45. The minimum absolute atomic E-state index is 0.0462. The van der Waals surface area contributed by atoms with Crippen molar-refractivity contribution in [2.24, 2.45) is 5.92 Å². The van der Waals surface area contributed by atoms with E-state index in [1.807, 2.05) is 18.2 Å². The highest BCUT2D eigenvalue weighted by atomic mass is 35.5. The van der Waals surface area contributed by atoms with Gasteiger partial charge in [0.05, 0.1) is 10.6 Å². The van der Waals surface area contributed by atoms with Crippen molar-refractivity contribution in [3.63, 3.8) is 0 Å². The predicted octanol–water partition coefficient (Wildman–Crippen LogP) is 4.26. The van der Waals surface area contributed by atoms with Gasteiger partial charge < -0.3 is 9.32 Å². The summed E-state index contributed by atoms with van der Waals surface area (Å²) >= 11 is 7.70. The van der Waals surface area contributed by atoms with Gasteiger partial charge in [-0.05, 0) is 44.3 Å². The lowest BCUT2D eigenvalue weighted by molar-refractivity contribution is 0.270. The molecule has 1 N–H and O–H groups in total. The molecule has 0 aliphatic rings. The van der Waals surface area contributed by atoms with Crippen LogP contribution in [0.4, 0.5) is 0 Å². The van der Waals surface area contributed by atoms with Gasteiger partial charge in [0.25, 0.3) is 0 Å². The van der Waals surface area contributed by atoms with E-state index in [-0.39, 0.29) is 6.04 Å². The van der Waals surface area contributed by atoms with E-state index in [9.17, 15) is 0 Å². The molecule has 2 heterocycles. The van der Waals surface area contributed by atoms with Crippen molar-refractivity contribution in [1.82, 2.24) is 10.2 Å². The standard InChI is InChI=1S/C16H23ClN2OS/c1-11(2)12(10-19(3)4)18-16(13-6-5-9-20-13)14-7-8-15(17)21-14/h5-9,11-12,16,18H,10H2,1-4H3. The lowest BCUT2D eigenvalue weighted by atomic mass is 10.0. The van der Waals surface area contributed by atoms with E-state index in [1.54, 1.807) is 17.6 Å². The second-order valence-electron chi connectivity index (χ2n) is 5.87. The smallest absolute Gasteiger partial charge is 0.126 e. The van der Waals surface area contributed by atoms with E-state index in [4.69, 9.17) is 16.0 Å². The monoisotopic (exact) mass is 326 g/mol. The van der Waals surface area contributed by atoms with Crippen LogP contribution in [0.3, 0.4) is 0 Å². The number of hydrogen-bond donors (Lipinski definition) is 1. The SMILES string of the molecule is CC(C)C(CN(C)C)NC(c1ccco1)c1ccc(Cl)s1. The van der Waals surface area contributed by atoms with Crippen molar-refractivity contribution >= 4 is 22.9 Å². The summed E-state index contributed by atoms with van der Waals surface area (Å²) in [6, 6.07) is 8.37. The molecule has 21 heavy (non-hydrogen) atoms. The molecule has 2 aromatic rings. The number of furan rings is 1. The maximum atomic E-state index is 6.10. The van der Waals surface area contributed by atoms with Crippen LogP contribution in [0.5, 0.6) is 0 Å². The second-order valence-corrected chi connectivity index (χ2v) is 7.62. The predicted molar refractivity (Wildman–Crippen MR) is 90.2 cm³/mol.